The Bertz CT molecular complexity index is 1360. The third-order valence-electron chi connectivity index (χ3n) is 6.63. The van der Waals surface area contributed by atoms with Gasteiger partial charge in [-0.3, -0.25) is 19.3 Å². The first-order valence-electron chi connectivity index (χ1n) is 12.4. The Morgan fingerprint density at radius 3 is 2.30 bits per heavy atom. The first-order valence-corrected chi connectivity index (χ1v) is 12.4. The highest BCUT2D eigenvalue weighted by Crippen LogP contribution is 2.43. The molecule has 192 valence electrons. The van der Waals surface area contributed by atoms with Crippen LogP contribution in [0.15, 0.2) is 76.4 Å². The number of hydrogen-bond acceptors (Lipinski definition) is 5. The zero-order valence-electron chi connectivity index (χ0n) is 21.8. The molecule has 1 N–H and O–H groups in total. The summed E-state index contributed by atoms with van der Waals surface area (Å²) >= 11 is 0. The Kier molecular flexibility index (Phi) is 7.34. The molecule has 1 aromatic heterocycles. The number of benzene rings is 2. The van der Waals surface area contributed by atoms with Gasteiger partial charge in [0.2, 0.25) is 5.91 Å². The molecule has 1 unspecified atom stereocenters. The summed E-state index contributed by atoms with van der Waals surface area (Å²) in [5.41, 5.74) is 3.02. The summed E-state index contributed by atoms with van der Waals surface area (Å²) in [4.78, 5) is 42.0. The summed E-state index contributed by atoms with van der Waals surface area (Å²) in [7, 11) is 3.42. The molecule has 1 aliphatic rings. The smallest absolute Gasteiger partial charge is 0.294 e. The Labute approximate surface area is 217 Å². The fourth-order valence-corrected chi connectivity index (χ4v) is 4.60. The van der Waals surface area contributed by atoms with Crippen molar-refractivity contribution in [3.63, 3.8) is 0 Å². The molecule has 4 rings (SSSR count). The summed E-state index contributed by atoms with van der Waals surface area (Å²) in [6.07, 6.45) is 0.720. The van der Waals surface area contributed by atoms with Crippen LogP contribution in [0.3, 0.4) is 0 Å². The van der Waals surface area contributed by atoms with Gasteiger partial charge in [-0.05, 0) is 60.9 Å². The minimum Gasteiger partial charge on any atom is -0.503 e. The van der Waals surface area contributed by atoms with Crippen molar-refractivity contribution in [3.05, 3.63) is 88.9 Å². The lowest BCUT2D eigenvalue weighted by molar-refractivity contribution is -0.128. The quantitative estimate of drug-likeness (QED) is 0.447. The molecule has 1 atom stereocenters. The van der Waals surface area contributed by atoms with Crippen LogP contribution in [-0.4, -0.2) is 41.7 Å². The molecular formula is C30H32N2O5. The number of ketones is 1. The Morgan fingerprint density at radius 1 is 1.03 bits per heavy atom. The molecule has 37 heavy (non-hydrogen) atoms. The van der Waals surface area contributed by atoms with E-state index in [0.717, 1.165) is 16.9 Å². The fourth-order valence-electron chi connectivity index (χ4n) is 4.60. The first kappa shape index (κ1) is 25.9. The van der Waals surface area contributed by atoms with Crippen molar-refractivity contribution < 1.29 is 23.9 Å². The topological polar surface area (TPSA) is 91.1 Å². The lowest BCUT2D eigenvalue weighted by Crippen LogP contribution is -2.32. The van der Waals surface area contributed by atoms with E-state index in [0.29, 0.717) is 23.4 Å². The average Bonchev–Trinajstić information content (AvgIpc) is 3.43. The number of furan rings is 1. The number of carbonyl (C=O) groups excluding carboxylic acids is 3. The van der Waals surface area contributed by atoms with Crippen LogP contribution in [0.5, 0.6) is 0 Å². The molecule has 0 aliphatic carbocycles. The molecule has 0 bridgehead atoms. The summed E-state index contributed by atoms with van der Waals surface area (Å²) in [5.74, 6) is -0.386. The Hall–Kier alpha value is -4.13. The van der Waals surface area contributed by atoms with Gasteiger partial charge in [-0.2, -0.15) is 0 Å². The van der Waals surface area contributed by atoms with E-state index in [1.54, 1.807) is 40.1 Å². The first-order chi connectivity index (χ1) is 17.6. The summed E-state index contributed by atoms with van der Waals surface area (Å²) in [6.45, 7) is 5.36. The second kappa shape index (κ2) is 10.5. The number of aryl methyl sites for hydroxylation is 2. The van der Waals surface area contributed by atoms with Crippen molar-refractivity contribution in [3.8, 4) is 11.3 Å². The van der Waals surface area contributed by atoms with Gasteiger partial charge in [0, 0.05) is 37.7 Å². The number of nitrogens with zero attached hydrogens (tertiary/aromatic N) is 2. The van der Waals surface area contributed by atoms with Gasteiger partial charge in [0.05, 0.1) is 11.6 Å². The van der Waals surface area contributed by atoms with Gasteiger partial charge >= 0.3 is 0 Å². The monoisotopic (exact) mass is 500 g/mol. The van der Waals surface area contributed by atoms with Crippen molar-refractivity contribution in [1.29, 1.82) is 0 Å². The molecule has 2 aromatic carbocycles. The molecule has 1 aliphatic heterocycles. The molecule has 0 radical (unpaired) electrons. The molecule has 0 saturated carbocycles. The highest BCUT2D eigenvalue weighted by molar-refractivity contribution is 6.17. The van der Waals surface area contributed by atoms with Crippen LogP contribution >= 0.6 is 0 Å². The van der Waals surface area contributed by atoms with E-state index >= 15 is 0 Å². The lowest BCUT2D eigenvalue weighted by atomic mass is 9.87. The summed E-state index contributed by atoms with van der Waals surface area (Å²) in [6, 6.07) is 17.7. The van der Waals surface area contributed by atoms with Crippen LogP contribution in [0, 0.1) is 12.8 Å². The number of rotatable bonds is 8. The van der Waals surface area contributed by atoms with Crippen LogP contribution in [0.4, 0.5) is 5.69 Å². The molecule has 0 saturated heterocycles. The van der Waals surface area contributed by atoms with E-state index in [2.05, 4.69) is 0 Å². The van der Waals surface area contributed by atoms with Crippen molar-refractivity contribution in [2.45, 2.75) is 39.7 Å². The fraction of sp³-hybridized carbons (Fsp3) is 0.300. The molecule has 7 heteroatoms. The van der Waals surface area contributed by atoms with Gasteiger partial charge in [-0.25, -0.2) is 0 Å². The van der Waals surface area contributed by atoms with E-state index in [4.69, 9.17) is 4.42 Å². The largest absolute Gasteiger partial charge is 0.503 e. The Morgan fingerprint density at radius 2 is 1.70 bits per heavy atom. The predicted octanol–water partition coefficient (Wildman–Crippen LogP) is 5.40. The minimum atomic E-state index is -0.815. The van der Waals surface area contributed by atoms with Crippen LogP contribution in [0.2, 0.25) is 0 Å². The molecular weight excluding hydrogens is 468 g/mol. The van der Waals surface area contributed by atoms with Gasteiger partial charge in [0.1, 0.15) is 11.5 Å². The van der Waals surface area contributed by atoms with Gasteiger partial charge in [0.15, 0.2) is 11.5 Å². The average molecular weight is 501 g/mol. The zero-order valence-corrected chi connectivity index (χ0v) is 21.8. The molecule has 2 heterocycles. The number of carbonyl (C=O) groups is 3. The molecule has 2 amide bonds. The van der Waals surface area contributed by atoms with Crippen LogP contribution < -0.4 is 4.90 Å². The molecule has 7 nitrogen and oxygen atoms in total. The summed E-state index contributed by atoms with van der Waals surface area (Å²) in [5, 5.41) is 10.9. The van der Waals surface area contributed by atoms with Crippen molar-refractivity contribution >= 4 is 23.3 Å². The number of hydrogen-bond donors (Lipinski definition) is 1. The number of aliphatic hydroxyl groups is 1. The van der Waals surface area contributed by atoms with E-state index in [-0.39, 0.29) is 23.7 Å². The van der Waals surface area contributed by atoms with Gasteiger partial charge in [0.25, 0.3) is 5.91 Å². The molecule has 0 spiro atoms. The highest BCUT2D eigenvalue weighted by Gasteiger charge is 2.45. The standard InChI is InChI=1S/C30H32N2O5/c1-18(2)28(34)26-27(23-9-7-6-8-20(23)13-17-25(33)31(4)5)32(30(36)29(26)35)22-14-11-21(12-15-22)24-16-10-19(3)37-24/h6-12,14-16,18,27,35H,13,17H2,1-5H3. The number of Topliss-reactive ketones (excluding diaryl/α,β-unsaturated/α-hetero) is 1. The van der Waals surface area contributed by atoms with E-state index in [1.807, 2.05) is 55.5 Å². The van der Waals surface area contributed by atoms with Crippen LogP contribution in [0.25, 0.3) is 11.3 Å². The summed E-state index contributed by atoms with van der Waals surface area (Å²) < 4.78 is 5.71. The highest BCUT2D eigenvalue weighted by atomic mass is 16.3. The maximum Gasteiger partial charge on any atom is 0.294 e. The van der Waals surface area contributed by atoms with E-state index in [9.17, 15) is 19.5 Å². The van der Waals surface area contributed by atoms with Gasteiger partial charge in [-0.15, -0.1) is 0 Å². The second-order valence-electron chi connectivity index (χ2n) is 9.80. The van der Waals surface area contributed by atoms with Crippen LogP contribution in [0.1, 0.15) is 43.2 Å². The van der Waals surface area contributed by atoms with Crippen molar-refractivity contribution in [2.24, 2.45) is 5.92 Å². The van der Waals surface area contributed by atoms with Crippen molar-refractivity contribution in [2.75, 3.05) is 19.0 Å². The zero-order chi connectivity index (χ0) is 26.9. The van der Waals surface area contributed by atoms with Gasteiger partial charge in [-0.1, -0.05) is 38.1 Å². The Balaban J connectivity index is 1.79. The minimum absolute atomic E-state index is 0.0187. The van der Waals surface area contributed by atoms with E-state index < -0.39 is 23.6 Å². The normalized spacial score (nSPS) is 15.6. The maximum absolute atomic E-state index is 13.4. The van der Waals surface area contributed by atoms with Crippen molar-refractivity contribution in [1.82, 2.24) is 4.90 Å². The SMILES string of the molecule is Cc1ccc(-c2ccc(N3C(=O)C(O)=C(C(=O)C(C)C)C3c3ccccc3CCC(=O)N(C)C)cc2)o1. The number of aliphatic hydroxyl groups excluding tert-OH is 1. The number of anilines is 1. The second-order valence-corrected chi connectivity index (χ2v) is 9.80. The lowest BCUT2D eigenvalue weighted by Gasteiger charge is -2.29. The predicted molar refractivity (Wildman–Crippen MR) is 142 cm³/mol. The van der Waals surface area contributed by atoms with E-state index in [1.165, 1.54) is 9.80 Å². The van der Waals surface area contributed by atoms with Crippen LogP contribution in [-0.2, 0) is 20.8 Å². The maximum atomic E-state index is 13.4. The number of amides is 2. The third-order valence-corrected chi connectivity index (χ3v) is 6.63. The third kappa shape index (κ3) is 5.07. The van der Waals surface area contributed by atoms with Gasteiger partial charge < -0.3 is 14.4 Å². The molecule has 0 fully saturated rings. The molecule has 3 aromatic rings.